The topological polar surface area (TPSA) is 126 Å². The molecule has 0 atom stereocenters. The number of ether oxygens (including phenoxy) is 1. The van der Waals surface area contributed by atoms with Crippen LogP contribution in [0.15, 0.2) is 47.6 Å². The Hall–Kier alpha value is -4.17. The van der Waals surface area contributed by atoms with Gasteiger partial charge in [-0.1, -0.05) is 17.7 Å². The van der Waals surface area contributed by atoms with Crippen LogP contribution in [0.1, 0.15) is 0 Å². The van der Waals surface area contributed by atoms with E-state index in [2.05, 4.69) is 25.1 Å². The van der Waals surface area contributed by atoms with E-state index >= 15 is 8.78 Å². The second-order valence-corrected chi connectivity index (χ2v) is 9.58. The second kappa shape index (κ2) is 9.05. The number of rotatable bonds is 6. The summed E-state index contributed by atoms with van der Waals surface area (Å²) in [4.78, 5) is 9.58. The third kappa shape index (κ3) is 4.23. The van der Waals surface area contributed by atoms with Gasteiger partial charge in [-0.3, -0.25) is 9.82 Å². The highest BCUT2D eigenvalue weighted by Crippen LogP contribution is 2.37. The molecule has 0 unspecified atom stereocenters. The van der Waals surface area contributed by atoms with Crippen molar-refractivity contribution in [1.82, 2.24) is 25.1 Å². The molecule has 0 bridgehead atoms. The number of benzene rings is 2. The molecule has 3 heterocycles. The minimum absolute atomic E-state index is 0.151. The maximum absolute atomic E-state index is 15.5. The number of sulfonamides is 1. The molecule has 9 nitrogen and oxygen atoms in total. The lowest BCUT2D eigenvalue weighted by Gasteiger charge is -2.14. The number of aromatic nitrogens is 5. The molecule has 3 aromatic heterocycles. The maximum Gasteiger partial charge on any atom is 0.267 e. The molecule has 0 spiro atoms. The van der Waals surface area contributed by atoms with Crippen molar-refractivity contribution in [3.8, 4) is 28.5 Å². The number of halogens is 5. The van der Waals surface area contributed by atoms with Crippen LogP contribution in [0.4, 0.5) is 23.2 Å². The standard InChI is InChI=1S/C22H13ClF4N6O3S/c1-36-22-14(6-9(24)7-29-22)37(34,35)33-13-5-4-12(25)16(18(13)27)10-2-3-11-19(17(10)26)31-32-20(11)21-28-8-15(23)30-21/h2-8,33H,1H3,(H,28,30)(H,31,32). The third-order valence-electron chi connectivity index (χ3n) is 5.32. The van der Waals surface area contributed by atoms with Gasteiger partial charge < -0.3 is 9.72 Å². The molecule has 0 saturated carbocycles. The van der Waals surface area contributed by atoms with Crippen molar-refractivity contribution in [2.24, 2.45) is 0 Å². The molecule has 2 aromatic carbocycles. The SMILES string of the molecule is COc1ncc(F)cc1S(=O)(=O)Nc1ccc(F)c(-c2ccc3c(-c4nc(Cl)c[nH]4)n[nH]c3c2F)c1F. The first kappa shape index (κ1) is 24.5. The molecule has 0 saturated heterocycles. The number of hydrogen-bond donors (Lipinski definition) is 3. The summed E-state index contributed by atoms with van der Waals surface area (Å²) >= 11 is 5.81. The van der Waals surface area contributed by atoms with Gasteiger partial charge in [0.2, 0.25) is 5.88 Å². The third-order valence-corrected chi connectivity index (χ3v) is 6.87. The Bertz CT molecular complexity index is 1790. The van der Waals surface area contributed by atoms with Crippen molar-refractivity contribution in [1.29, 1.82) is 0 Å². The highest BCUT2D eigenvalue weighted by atomic mass is 35.5. The molecule has 0 aliphatic heterocycles. The van der Waals surface area contributed by atoms with E-state index < -0.39 is 60.9 Å². The average Bonchev–Trinajstić information content (AvgIpc) is 3.48. The van der Waals surface area contributed by atoms with Gasteiger partial charge in [-0.2, -0.15) is 5.10 Å². The van der Waals surface area contributed by atoms with Gasteiger partial charge in [-0.15, -0.1) is 0 Å². The fourth-order valence-corrected chi connectivity index (χ4v) is 5.01. The average molecular weight is 553 g/mol. The van der Waals surface area contributed by atoms with Gasteiger partial charge in [-0.25, -0.2) is 35.9 Å². The Labute approximate surface area is 210 Å². The van der Waals surface area contributed by atoms with Crippen LogP contribution in [0.2, 0.25) is 5.15 Å². The quantitative estimate of drug-likeness (QED) is 0.254. The van der Waals surface area contributed by atoms with Crippen molar-refractivity contribution in [2.45, 2.75) is 4.90 Å². The van der Waals surface area contributed by atoms with Crippen LogP contribution in [0, 0.1) is 23.3 Å². The molecule has 0 amide bonds. The molecule has 0 aliphatic rings. The smallest absolute Gasteiger partial charge is 0.267 e. The first-order chi connectivity index (χ1) is 17.6. The Morgan fingerprint density at radius 1 is 1.08 bits per heavy atom. The first-order valence-electron chi connectivity index (χ1n) is 10.2. The molecule has 0 aliphatic carbocycles. The van der Waals surface area contributed by atoms with Gasteiger partial charge in [0.05, 0.1) is 24.6 Å². The Balaban J connectivity index is 1.59. The van der Waals surface area contributed by atoms with E-state index in [1.54, 1.807) is 0 Å². The Kier molecular flexibility index (Phi) is 6.00. The lowest BCUT2D eigenvalue weighted by Crippen LogP contribution is -2.16. The molecule has 5 aromatic rings. The summed E-state index contributed by atoms with van der Waals surface area (Å²) in [6.07, 6.45) is 2.13. The number of H-pyrrole nitrogens is 2. The Morgan fingerprint density at radius 2 is 1.86 bits per heavy atom. The number of pyridine rings is 1. The van der Waals surface area contributed by atoms with Crippen LogP contribution in [0.3, 0.4) is 0 Å². The number of anilines is 1. The number of fused-ring (bicyclic) bond motifs is 1. The van der Waals surface area contributed by atoms with E-state index in [9.17, 15) is 17.2 Å². The minimum Gasteiger partial charge on any atom is -0.480 e. The van der Waals surface area contributed by atoms with E-state index in [0.717, 1.165) is 31.5 Å². The number of hydrogen-bond acceptors (Lipinski definition) is 6. The van der Waals surface area contributed by atoms with Crippen molar-refractivity contribution in [3.63, 3.8) is 0 Å². The summed E-state index contributed by atoms with van der Waals surface area (Å²) in [5.74, 6) is -4.85. The van der Waals surface area contributed by atoms with Crippen molar-refractivity contribution in [2.75, 3.05) is 11.8 Å². The molecule has 3 N–H and O–H groups in total. The summed E-state index contributed by atoms with van der Waals surface area (Å²) in [6.45, 7) is 0. The van der Waals surface area contributed by atoms with Gasteiger partial charge in [0.25, 0.3) is 10.0 Å². The van der Waals surface area contributed by atoms with E-state index in [1.165, 1.54) is 12.3 Å². The zero-order valence-corrected chi connectivity index (χ0v) is 20.0. The molecular formula is C22H13ClF4N6O3S. The van der Waals surface area contributed by atoms with Crippen LogP contribution < -0.4 is 9.46 Å². The largest absolute Gasteiger partial charge is 0.480 e. The van der Waals surface area contributed by atoms with Gasteiger partial charge in [0, 0.05) is 23.2 Å². The predicted molar refractivity (Wildman–Crippen MR) is 126 cm³/mol. The van der Waals surface area contributed by atoms with E-state index in [-0.39, 0.29) is 27.6 Å². The minimum atomic E-state index is -4.65. The fourth-order valence-electron chi connectivity index (χ4n) is 3.68. The van der Waals surface area contributed by atoms with Gasteiger partial charge in [-0.05, 0) is 18.2 Å². The van der Waals surface area contributed by atoms with Crippen LogP contribution >= 0.6 is 11.6 Å². The van der Waals surface area contributed by atoms with Crippen LogP contribution in [0.25, 0.3) is 33.5 Å². The summed E-state index contributed by atoms with van der Waals surface area (Å²) in [7, 11) is -3.55. The summed E-state index contributed by atoms with van der Waals surface area (Å²) < 4.78 is 91.8. The normalized spacial score (nSPS) is 11.7. The summed E-state index contributed by atoms with van der Waals surface area (Å²) in [5.41, 5.74) is -2.05. The number of nitrogens with one attached hydrogen (secondary N) is 3. The van der Waals surface area contributed by atoms with Crippen LogP contribution in [-0.2, 0) is 10.0 Å². The monoisotopic (exact) mass is 552 g/mol. The number of imidazole rings is 1. The highest BCUT2D eigenvalue weighted by molar-refractivity contribution is 7.92. The number of nitrogens with zero attached hydrogens (tertiary/aromatic N) is 3. The first-order valence-corrected chi connectivity index (χ1v) is 12.1. The Morgan fingerprint density at radius 3 is 2.57 bits per heavy atom. The fraction of sp³-hybridized carbons (Fsp3) is 0.0455. The van der Waals surface area contributed by atoms with Crippen molar-refractivity contribution in [3.05, 3.63) is 71.1 Å². The lowest BCUT2D eigenvalue weighted by molar-refractivity contribution is 0.382. The zero-order chi connectivity index (χ0) is 26.5. The van der Waals surface area contributed by atoms with Gasteiger partial charge in [0.1, 0.15) is 28.0 Å². The molecule has 37 heavy (non-hydrogen) atoms. The van der Waals surface area contributed by atoms with Gasteiger partial charge in [0.15, 0.2) is 22.4 Å². The highest BCUT2D eigenvalue weighted by Gasteiger charge is 2.27. The van der Waals surface area contributed by atoms with Crippen LogP contribution in [0.5, 0.6) is 5.88 Å². The molecule has 190 valence electrons. The van der Waals surface area contributed by atoms with Gasteiger partial charge >= 0.3 is 0 Å². The molecule has 0 fully saturated rings. The van der Waals surface area contributed by atoms with Crippen molar-refractivity contribution < 1.29 is 30.7 Å². The molecular weight excluding hydrogens is 540 g/mol. The number of methoxy groups -OCH3 is 1. The van der Waals surface area contributed by atoms with E-state index in [0.29, 0.717) is 6.07 Å². The number of aromatic amines is 2. The van der Waals surface area contributed by atoms with E-state index in [4.69, 9.17) is 16.3 Å². The van der Waals surface area contributed by atoms with Crippen molar-refractivity contribution >= 4 is 38.2 Å². The zero-order valence-electron chi connectivity index (χ0n) is 18.4. The predicted octanol–water partition coefficient (Wildman–Crippen LogP) is 5.03. The van der Waals surface area contributed by atoms with Crippen LogP contribution in [-0.4, -0.2) is 40.7 Å². The molecule has 5 rings (SSSR count). The maximum atomic E-state index is 15.5. The second-order valence-electron chi connectivity index (χ2n) is 7.54. The summed E-state index contributed by atoms with van der Waals surface area (Å²) in [5, 5.41) is 6.86. The lowest BCUT2D eigenvalue weighted by atomic mass is 10.0. The van der Waals surface area contributed by atoms with E-state index in [1.807, 2.05) is 4.72 Å². The molecule has 0 radical (unpaired) electrons. The summed E-state index contributed by atoms with van der Waals surface area (Å²) in [6, 6.07) is 4.65. The molecule has 15 heteroatoms.